The molecule has 1 aliphatic carbocycles. The summed E-state index contributed by atoms with van der Waals surface area (Å²) in [6.45, 7) is 0. The molecule has 0 radical (unpaired) electrons. The van der Waals surface area contributed by atoms with Crippen LogP contribution in [0.25, 0.3) is 0 Å². The van der Waals surface area contributed by atoms with Crippen LogP contribution in [0.2, 0.25) is 0 Å². The van der Waals surface area contributed by atoms with E-state index < -0.39 is 0 Å². The summed E-state index contributed by atoms with van der Waals surface area (Å²) in [6, 6.07) is 0. The van der Waals surface area contributed by atoms with Gasteiger partial charge in [0.2, 0.25) is 0 Å². The van der Waals surface area contributed by atoms with Crippen molar-refractivity contribution in [1.82, 2.24) is 9.78 Å². The normalized spacial score (nSPS) is 20.7. The van der Waals surface area contributed by atoms with Crippen molar-refractivity contribution < 1.29 is 5.11 Å². The summed E-state index contributed by atoms with van der Waals surface area (Å²) in [5, 5.41) is 14.6. The van der Waals surface area contributed by atoms with Crippen molar-refractivity contribution in [3.05, 3.63) is 16.4 Å². The Hall–Kier alpha value is -0.350. The molecular weight excluding hydrogens is 268 g/mol. The number of hydrogen-bond acceptors (Lipinski definition) is 2. The first kappa shape index (κ1) is 12.1. The van der Waals surface area contributed by atoms with Gasteiger partial charge in [-0.2, -0.15) is 5.10 Å². The van der Waals surface area contributed by atoms with Gasteiger partial charge < -0.3 is 5.11 Å². The molecule has 16 heavy (non-hydrogen) atoms. The second kappa shape index (κ2) is 5.32. The number of halogens is 1. The van der Waals surface area contributed by atoms with Gasteiger partial charge in [-0.1, -0.05) is 25.7 Å². The standard InChI is InChI=1S/C12H19BrN2O/c1-15-11(10(13)8-14-15)12(16)9-6-4-2-3-5-7-9/h8-9,12,16H,2-7H2,1H3. The molecule has 1 unspecified atom stereocenters. The first-order valence-electron chi connectivity index (χ1n) is 6.05. The fourth-order valence-corrected chi connectivity index (χ4v) is 3.19. The summed E-state index contributed by atoms with van der Waals surface area (Å²) < 4.78 is 2.70. The first-order chi connectivity index (χ1) is 7.70. The Morgan fingerprint density at radius 3 is 2.50 bits per heavy atom. The number of aromatic nitrogens is 2. The minimum Gasteiger partial charge on any atom is -0.386 e. The van der Waals surface area contributed by atoms with Gasteiger partial charge in [-0.25, -0.2) is 0 Å². The van der Waals surface area contributed by atoms with Crippen LogP contribution in [0, 0.1) is 5.92 Å². The number of aliphatic hydroxyl groups is 1. The Bertz CT molecular complexity index is 323. The maximum Gasteiger partial charge on any atom is 0.0996 e. The van der Waals surface area contributed by atoms with Gasteiger partial charge in [0.15, 0.2) is 0 Å². The van der Waals surface area contributed by atoms with E-state index in [4.69, 9.17) is 0 Å². The molecule has 4 heteroatoms. The Kier molecular flexibility index (Phi) is 4.03. The largest absolute Gasteiger partial charge is 0.386 e. The summed E-state index contributed by atoms with van der Waals surface area (Å²) in [7, 11) is 1.89. The smallest absolute Gasteiger partial charge is 0.0996 e. The monoisotopic (exact) mass is 286 g/mol. The lowest BCUT2D eigenvalue weighted by Gasteiger charge is -2.21. The summed E-state index contributed by atoms with van der Waals surface area (Å²) in [6.07, 6.45) is 8.78. The zero-order valence-corrected chi connectivity index (χ0v) is 11.3. The van der Waals surface area contributed by atoms with Crippen molar-refractivity contribution in [2.24, 2.45) is 13.0 Å². The lowest BCUT2D eigenvalue weighted by molar-refractivity contribution is 0.0904. The first-order valence-corrected chi connectivity index (χ1v) is 6.85. The molecule has 0 amide bonds. The molecule has 0 bridgehead atoms. The molecule has 90 valence electrons. The predicted molar refractivity (Wildman–Crippen MR) is 67.1 cm³/mol. The van der Waals surface area contributed by atoms with Crippen molar-refractivity contribution in [3.8, 4) is 0 Å². The molecule has 0 spiro atoms. The maximum atomic E-state index is 10.4. The molecule has 1 heterocycles. The van der Waals surface area contributed by atoms with Crippen LogP contribution in [0.1, 0.15) is 50.3 Å². The van der Waals surface area contributed by atoms with Gasteiger partial charge in [-0.3, -0.25) is 4.68 Å². The molecule has 1 saturated carbocycles. The maximum absolute atomic E-state index is 10.4. The Morgan fingerprint density at radius 2 is 2.00 bits per heavy atom. The quantitative estimate of drug-likeness (QED) is 0.848. The number of nitrogens with zero attached hydrogens (tertiary/aromatic N) is 2. The van der Waals surface area contributed by atoms with Crippen molar-refractivity contribution in [3.63, 3.8) is 0 Å². The number of aryl methyl sites for hydroxylation is 1. The summed E-state index contributed by atoms with van der Waals surface area (Å²) in [5.74, 6) is 0.397. The molecule has 0 saturated heterocycles. The Morgan fingerprint density at radius 1 is 1.38 bits per heavy atom. The second-order valence-corrected chi connectivity index (χ2v) is 5.55. The molecule has 1 aliphatic rings. The van der Waals surface area contributed by atoms with Crippen molar-refractivity contribution >= 4 is 15.9 Å². The average molecular weight is 287 g/mol. The van der Waals surface area contributed by atoms with Crippen LogP contribution in [-0.2, 0) is 7.05 Å². The molecule has 1 fully saturated rings. The van der Waals surface area contributed by atoms with Gasteiger partial charge in [0, 0.05) is 7.05 Å². The highest BCUT2D eigenvalue weighted by atomic mass is 79.9. The zero-order valence-electron chi connectivity index (χ0n) is 9.69. The van der Waals surface area contributed by atoms with Gasteiger partial charge in [0.05, 0.1) is 22.5 Å². The third kappa shape index (κ3) is 2.48. The fourth-order valence-electron chi connectivity index (χ4n) is 2.60. The van der Waals surface area contributed by atoms with Crippen LogP contribution in [0.5, 0.6) is 0 Å². The molecule has 1 aromatic rings. The van der Waals surface area contributed by atoms with E-state index in [-0.39, 0.29) is 6.10 Å². The van der Waals surface area contributed by atoms with Crippen LogP contribution in [0.15, 0.2) is 10.7 Å². The predicted octanol–water partition coefficient (Wildman–Crippen LogP) is 3.19. The van der Waals surface area contributed by atoms with Crippen LogP contribution in [0.3, 0.4) is 0 Å². The summed E-state index contributed by atoms with van der Waals surface area (Å²) in [4.78, 5) is 0. The van der Waals surface area contributed by atoms with Gasteiger partial charge in [-0.05, 0) is 34.7 Å². The van der Waals surface area contributed by atoms with E-state index >= 15 is 0 Å². The topological polar surface area (TPSA) is 38.0 Å². The van der Waals surface area contributed by atoms with E-state index in [1.807, 2.05) is 7.05 Å². The fraction of sp³-hybridized carbons (Fsp3) is 0.750. The van der Waals surface area contributed by atoms with E-state index in [1.54, 1.807) is 10.9 Å². The highest BCUT2D eigenvalue weighted by Crippen LogP contribution is 2.35. The van der Waals surface area contributed by atoms with Gasteiger partial charge >= 0.3 is 0 Å². The van der Waals surface area contributed by atoms with E-state index in [0.29, 0.717) is 5.92 Å². The third-order valence-corrected chi connectivity index (χ3v) is 4.18. The Balaban J connectivity index is 2.14. The second-order valence-electron chi connectivity index (χ2n) is 4.70. The molecule has 1 N–H and O–H groups in total. The van der Waals surface area contributed by atoms with Crippen LogP contribution in [-0.4, -0.2) is 14.9 Å². The van der Waals surface area contributed by atoms with Crippen LogP contribution < -0.4 is 0 Å². The van der Waals surface area contributed by atoms with Crippen molar-refractivity contribution in [2.75, 3.05) is 0 Å². The molecule has 0 aliphatic heterocycles. The minimum atomic E-state index is -0.375. The van der Waals surface area contributed by atoms with E-state index in [0.717, 1.165) is 23.0 Å². The van der Waals surface area contributed by atoms with Crippen LogP contribution in [0.4, 0.5) is 0 Å². The van der Waals surface area contributed by atoms with Gasteiger partial charge in [0.1, 0.15) is 0 Å². The van der Waals surface area contributed by atoms with Gasteiger partial charge in [-0.15, -0.1) is 0 Å². The SMILES string of the molecule is Cn1ncc(Br)c1C(O)C1CCCCCC1. The molecule has 1 aromatic heterocycles. The number of hydrogen-bond donors (Lipinski definition) is 1. The number of rotatable bonds is 2. The highest BCUT2D eigenvalue weighted by molar-refractivity contribution is 9.10. The molecule has 0 aromatic carbocycles. The average Bonchev–Trinajstić information content (AvgIpc) is 2.51. The van der Waals surface area contributed by atoms with E-state index in [9.17, 15) is 5.11 Å². The highest BCUT2D eigenvalue weighted by Gasteiger charge is 2.26. The van der Waals surface area contributed by atoms with Gasteiger partial charge in [0.25, 0.3) is 0 Å². The molecule has 2 rings (SSSR count). The minimum absolute atomic E-state index is 0.375. The molecular formula is C12H19BrN2O. The summed E-state index contributed by atoms with van der Waals surface area (Å²) in [5.41, 5.74) is 0.923. The van der Waals surface area contributed by atoms with E-state index in [2.05, 4.69) is 21.0 Å². The third-order valence-electron chi connectivity index (χ3n) is 3.56. The molecule has 3 nitrogen and oxygen atoms in total. The Labute approximate surface area is 105 Å². The lowest BCUT2D eigenvalue weighted by Crippen LogP contribution is -2.16. The van der Waals surface area contributed by atoms with E-state index in [1.165, 1.54) is 25.7 Å². The van der Waals surface area contributed by atoms with Crippen molar-refractivity contribution in [1.29, 1.82) is 0 Å². The van der Waals surface area contributed by atoms with Crippen LogP contribution >= 0.6 is 15.9 Å². The zero-order chi connectivity index (χ0) is 11.5. The lowest BCUT2D eigenvalue weighted by atomic mass is 9.92. The summed E-state index contributed by atoms with van der Waals surface area (Å²) >= 11 is 3.46. The number of aliphatic hydroxyl groups excluding tert-OH is 1. The molecule has 1 atom stereocenters. The van der Waals surface area contributed by atoms with Crippen molar-refractivity contribution in [2.45, 2.75) is 44.6 Å².